The first kappa shape index (κ1) is 13.2. The number of rotatable bonds is 2. The summed E-state index contributed by atoms with van der Waals surface area (Å²) >= 11 is 0. The number of nitrogens with zero attached hydrogens (tertiary/aromatic N) is 1. The molecule has 0 fully saturated rings. The molecule has 2 aromatic carbocycles. The number of hydrogen-bond donors (Lipinski definition) is 3. The van der Waals surface area contributed by atoms with Crippen LogP contribution in [0.25, 0.3) is 0 Å². The zero-order valence-electron chi connectivity index (χ0n) is 11.3. The van der Waals surface area contributed by atoms with Crippen molar-refractivity contribution < 1.29 is 10.2 Å². The third-order valence-corrected chi connectivity index (χ3v) is 3.55. The van der Waals surface area contributed by atoms with Gasteiger partial charge in [0, 0.05) is 17.3 Å². The molecule has 106 valence electrons. The van der Waals surface area contributed by atoms with E-state index in [1.165, 1.54) is 0 Å². The van der Waals surface area contributed by atoms with Gasteiger partial charge in [-0.15, -0.1) is 0 Å². The third-order valence-electron chi connectivity index (χ3n) is 3.55. The van der Waals surface area contributed by atoms with Crippen LogP contribution in [0.4, 0.5) is 0 Å². The van der Waals surface area contributed by atoms with Crippen LogP contribution in [0.2, 0.25) is 0 Å². The second-order valence-corrected chi connectivity index (χ2v) is 4.86. The number of nitrogens with one attached hydrogen (secondary N) is 1. The van der Waals surface area contributed by atoms with Crippen molar-refractivity contribution in [2.45, 2.75) is 12.1 Å². The van der Waals surface area contributed by atoms with Gasteiger partial charge in [-0.2, -0.15) is 0 Å². The number of phenols is 2. The van der Waals surface area contributed by atoms with Gasteiger partial charge in [0.1, 0.15) is 17.5 Å². The average Bonchev–Trinajstić information content (AvgIpc) is 2.74. The van der Waals surface area contributed by atoms with Crippen LogP contribution < -0.4 is 5.32 Å². The van der Waals surface area contributed by atoms with Gasteiger partial charge in [-0.05, 0) is 24.4 Å². The van der Waals surface area contributed by atoms with Crippen LogP contribution in [-0.4, -0.2) is 16.4 Å². The lowest BCUT2D eigenvalue weighted by Crippen LogP contribution is -2.21. The summed E-state index contributed by atoms with van der Waals surface area (Å²) in [6.45, 7) is 0. The van der Waals surface area contributed by atoms with Crippen LogP contribution in [0.1, 0.15) is 23.2 Å². The lowest BCUT2D eigenvalue weighted by molar-refractivity contribution is 0.423. The van der Waals surface area contributed by atoms with E-state index in [2.05, 4.69) is 10.3 Å². The van der Waals surface area contributed by atoms with Crippen molar-refractivity contribution in [3.8, 4) is 11.5 Å². The molecule has 0 aromatic heterocycles. The molecule has 4 heteroatoms. The number of allylic oxidation sites excluding steroid dienone is 1. The van der Waals surface area contributed by atoms with Gasteiger partial charge < -0.3 is 15.5 Å². The van der Waals surface area contributed by atoms with E-state index < -0.39 is 0 Å². The number of aliphatic imine (C=N–C) groups is 1. The van der Waals surface area contributed by atoms with Gasteiger partial charge in [-0.25, -0.2) is 0 Å². The third kappa shape index (κ3) is 2.60. The fourth-order valence-corrected chi connectivity index (χ4v) is 2.53. The van der Waals surface area contributed by atoms with Crippen molar-refractivity contribution in [3.05, 3.63) is 71.9 Å². The van der Waals surface area contributed by atoms with Crippen molar-refractivity contribution in [3.63, 3.8) is 0 Å². The maximum Gasteiger partial charge on any atom is 0.121 e. The Kier molecular flexibility index (Phi) is 3.60. The number of benzene rings is 2. The molecule has 3 N–H and O–H groups in total. The Hall–Kier alpha value is -2.75. The molecule has 3 rings (SSSR count). The molecule has 0 spiro atoms. The van der Waals surface area contributed by atoms with Crippen LogP contribution in [0.3, 0.4) is 0 Å². The van der Waals surface area contributed by atoms with E-state index in [4.69, 9.17) is 0 Å². The highest BCUT2D eigenvalue weighted by Gasteiger charge is 2.27. The molecule has 0 amide bonds. The second-order valence-electron chi connectivity index (χ2n) is 4.86. The largest absolute Gasteiger partial charge is 0.508 e. The summed E-state index contributed by atoms with van der Waals surface area (Å²) in [5.41, 5.74) is 1.47. The molecule has 4 nitrogen and oxygen atoms in total. The van der Waals surface area contributed by atoms with Gasteiger partial charge in [-0.3, -0.25) is 4.99 Å². The molecule has 0 aliphatic carbocycles. The molecule has 0 bridgehead atoms. The Balaban J connectivity index is 2.08. The summed E-state index contributed by atoms with van der Waals surface area (Å²) in [7, 11) is 0. The van der Waals surface area contributed by atoms with Crippen molar-refractivity contribution in [1.82, 2.24) is 5.32 Å². The van der Waals surface area contributed by atoms with Crippen LogP contribution in [0.5, 0.6) is 11.5 Å². The van der Waals surface area contributed by atoms with Gasteiger partial charge >= 0.3 is 0 Å². The first-order valence-electron chi connectivity index (χ1n) is 6.77. The lowest BCUT2D eigenvalue weighted by atomic mass is 9.93. The summed E-state index contributed by atoms with van der Waals surface area (Å²) in [6, 6.07) is 13.7. The van der Waals surface area contributed by atoms with Crippen LogP contribution in [0.15, 0.2) is 65.8 Å². The molecule has 0 saturated carbocycles. The zero-order chi connectivity index (χ0) is 14.7. The molecular formula is C17H16N2O2. The lowest BCUT2D eigenvalue weighted by Gasteiger charge is -2.25. The molecule has 0 radical (unpaired) electrons. The number of para-hydroxylation sites is 2. The molecule has 21 heavy (non-hydrogen) atoms. The summed E-state index contributed by atoms with van der Waals surface area (Å²) in [5.74, 6) is 0.407. The van der Waals surface area contributed by atoms with Gasteiger partial charge in [0.05, 0.1) is 6.04 Å². The van der Waals surface area contributed by atoms with E-state index in [0.717, 1.165) is 11.1 Å². The fourth-order valence-electron chi connectivity index (χ4n) is 2.53. The Morgan fingerprint density at radius 2 is 1.48 bits per heavy atom. The Morgan fingerprint density at radius 3 is 2.14 bits per heavy atom. The summed E-state index contributed by atoms with van der Waals surface area (Å²) in [5, 5.41) is 23.5. The molecule has 2 aromatic rings. The summed E-state index contributed by atoms with van der Waals surface area (Å²) < 4.78 is 0. The standard InChI is InChI=1S/C17H16N2O2/c20-14-8-3-1-6-12(14)16-17(19-11-5-10-18-16)13-7-2-4-9-15(13)21/h1-11,16-18,20-21H/t16-,17+/m0/s1. The SMILES string of the molecule is Oc1ccccc1[C@H]1N=CC=CN[C@H]1c1ccccc1O. The predicted molar refractivity (Wildman–Crippen MR) is 82.5 cm³/mol. The van der Waals surface area contributed by atoms with Crippen LogP contribution >= 0.6 is 0 Å². The first-order valence-corrected chi connectivity index (χ1v) is 6.77. The molecule has 1 heterocycles. The van der Waals surface area contributed by atoms with Gasteiger partial charge in [-0.1, -0.05) is 36.4 Å². The normalized spacial score (nSPS) is 20.8. The van der Waals surface area contributed by atoms with E-state index in [9.17, 15) is 10.2 Å². The average molecular weight is 280 g/mol. The molecule has 1 aliphatic rings. The van der Waals surface area contributed by atoms with E-state index >= 15 is 0 Å². The van der Waals surface area contributed by atoms with Gasteiger partial charge in [0.15, 0.2) is 0 Å². The maximum absolute atomic E-state index is 10.1. The quantitative estimate of drug-likeness (QED) is 0.792. The Bertz CT molecular complexity index is 695. The highest BCUT2D eigenvalue weighted by atomic mass is 16.3. The second kappa shape index (κ2) is 5.71. The first-order chi connectivity index (χ1) is 10.3. The summed E-state index contributed by atoms with van der Waals surface area (Å²) in [4.78, 5) is 4.51. The highest BCUT2D eigenvalue weighted by Crippen LogP contribution is 2.39. The van der Waals surface area contributed by atoms with E-state index in [1.807, 2.05) is 24.3 Å². The van der Waals surface area contributed by atoms with Crippen LogP contribution in [0, 0.1) is 0 Å². The zero-order valence-corrected chi connectivity index (χ0v) is 11.3. The smallest absolute Gasteiger partial charge is 0.121 e. The van der Waals surface area contributed by atoms with E-state index in [0.29, 0.717) is 0 Å². The Labute approximate surface area is 123 Å². The van der Waals surface area contributed by atoms with Crippen molar-refractivity contribution in [2.24, 2.45) is 4.99 Å². The molecular weight excluding hydrogens is 264 g/mol. The maximum atomic E-state index is 10.1. The highest BCUT2D eigenvalue weighted by molar-refractivity contribution is 5.72. The van der Waals surface area contributed by atoms with Gasteiger partial charge in [0.25, 0.3) is 0 Å². The van der Waals surface area contributed by atoms with Crippen molar-refractivity contribution in [1.29, 1.82) is 0 Å². The summed E-state index contributed by atoms with van der Waals surface area (Å²) in [6.07, 6.45) is 5.29. The van der Waals surface area contributed by atoms with E-state index in [1.54, 1.807) is 42.8 Å². The number of phenolic OH excluding ortho intramolecular Hbond substituents is 2. The minimum absolute atomic E-state index is 0.198. The van der Waals surface area contributed by atoms with Crippen molar-refractivity contribution in [2.75, 3.05) is 0 Å². The molecule has 0 saturated heterocycles. The van der Waals surface area contributed by atoms with E-state index in [-0.39, 0.29) is 23.6 Å². The minimum atomic E-state index is -0.325. The Morgan fingerprint density at radius 1 is 0.857 bits per heavy atom. The molecule has 0 unspecified atom stereocenters. The number of hydrogen-bond acceptors (Lipinski definition) is 4. The topological polar surface area (TPSA) is 64.9 Å². The van der Waals surface area contributed by atoms with Gasteiger partial charge in [0.2, 0.25) is 0 Å². The van der Waals surface area contributed by atoms with Crippen molar-refractivity contribution >= 4 is 6.21 Å². The van der Waals surface area contributed by atoms with Crippen LogP contribution in [-0.2, 0) is 0 Å². The predicted octanol–water partition coefficient (Wildman–Crippen LogP) is 3.07. The fraction of sp³-hybridized carbons (Fsp3) is 0.118. The number of aromatic hydroxyl groups is 2. The minimum Gasteiger partial charge on any atom is -0.508 e. The monoisotopic (exact) mass is 280 g/mol. The molecule has 2 atom stereocenters. The molecule has 1 aliphatic heterocycles.